The number of ether oxygens (including phenoxy) is 5. The lowest BCUT2D eigenvalue weighted by Crippen LogP contribution is -2.25. The van der Waals surface area contributed by atoms with E-state index < -0.39 is 0 Å². The van der Waals surface area contributed by atoms with Crippen LogP contribution in [0.25, 0.3) is 5.65 Å². The first kappa shape index (κ1) is 26.8. The Balaban J connectivity index is 1.78. The maximum Gasteiger partial charge on any atom is 0.336 e. The third-order valence-electron chi connectivity index (χ3n) is 6.16. The minimum Gasteiger partial charge on any atom is -0.493 e. The Morgan fingerprint density at radius 1 is 0.842 bits per heavy atom. The van der Waals surface area contributed by atoms with Gasteiger partial charge in [0.05, 0.1) is 34.5 Å². The zero-order valence-electron chi connectivity index (χ0n) is 22.8. The lowest BCUT2D eigenvalue weighted by Gasteiger charge is -2.25. The van der Waals surface area contributed by atoms with Crippen LogP contribution in [-0.2, 0) is 13.1 Å². The van der Waals surface area contributed by atoms with Crippen molar-refractivity contribution in [3.8, 4) is 29.0 Å². The summed E-state index contributed by atoms with van der Waals surface area (Å²) in [6.07, 6.45) is 5.40. The lowest BCUT2D eigenvalue weighted by atomic mass is 10.1. The van der Waals surface area contributed by atoms with Crippen molar-refractivity contribution in [3.63, 3.8) is 0 Å². The monoisotopic (exact) mass is 521 g/mol. The molecule has 0 fully saturated rings. The van der Waals surface area contributed by atoms with Crippen molar-refractivity contribution in [1.29, 1.82) is 0 Å². The second-order valence-corrected chi connectivity index (χ2v) is 8.87. The number of anilines is 1. The Morgan fingerprint density at radius 2 is 1.42 bits per heavy atom. The number of benzene rings is 2. The summed E-state index contributed by atoms with van der Waals surface area (Å²) in [6, 6.07) is 12.0. The summed E-state index contributed by atoms with van der Waals surface area (Å²) in [5, 5.41) is 4.54. The van der Waals surface area contributed by atoms with E-state index in [2.05, 4.69) is 21.9 Å². The molecule has 1 unspecified atom stereocenters. The van der Waals surface area contributed by atoms with Crippen molar-refractivity contribution in [3.05, 3.63) is 59.9 Å². The van der Waals surface area contributed by atoms with Crippen molar-refractivity contribution < 1.29 is 23.7 Å². The molecule has 202 valence electrons. The fraction of sp³-hybridized carbons (Fsp3) is 0.393. The van der Waals surface area contributed by atoms with Crippen LogP contribution in [-0.4, -0.2) is 54.1 Å². The summed E-state index contributed by atoms with van der Waals surface area (Å²) < 4.78 is 29.7. The molecule has 0 bridgehead atoms. The van der Waals surface area contributed by atoms with E-state index >= 15 is 0 Å². The van der Waals surface area contributed by atoms with Crippen LogP contribution in [0.4, 0.5) is 5.82 Å². The number of hydrogen-bond acceptors (Lipinski definition) is 9. The minimum absolute atomic E-state index is 0.0148. The fourth-order valence-corrected chi connectivity index (χ4v) is 4.30. The molecular weight excluding hydrogens is 486 g/mol. The Labute approximate surface area is 223 Å². The van der Waals surface area contributed by atoms with Crippen LogP contribution in [0.2, 0.25) is 0 Å². The molecule has 10 nitrogen and oxygen atoms in total. The van der Waals surface area contributed by atoms with Gasteiger partial charge < -0.3 is 28.6 Å². The molecule has 0 amide bonds. The Hall–Kier alpha value is -4.21. The predicted octanol–water partition coefficient (Wildman–Crippen LogP) is 4.93. The molecule has 0 aliphatic rings. The summed E-state index contributed by atoms with van der Waals surface area (Å²) in [6.45, 7) is 5.17. The molecule has 0 saturated heterocycles. The molecule has 0 aliphatic heterocycles. The molecule has 1 atom stereocenters. The summed E-state index contributed by atoms with van der Waals surface area (Å²) in [5.74, 6) is 3.29. The smallest absolute Gasteiger partial charge is 0.336 e. The highest BCUT2D eigenvalue weighted by Crippen LogP contribution is 2.32. The summed E-state index contributed by atoms with van der Waals surface area (Å²) in [5.41, 5.74) is 2.64. The second-order valence-electron chi connectivity index (χ2n) is 8.87. The van der Waals surface area contributed by atoms with Crippen molar-refractivity contribution in [1.82, 2.24) is 19.6 Å². The van der Waals surface area contributed by atoms with E-state index in [-0.39, 0.29) is 6.10 Å². The molecule has 10 heteroatoms. The van der Waals surface area contributed by atoms with Crippen LogP contribution < -0.4 is 28.6 Å². The van der Waals surface area contributed by atoms with Gasteiger partial charge in [0.25, 0.3) is 0 Å². The van der Waals surface area contributed by atoms with Gasteiger partial charge >= 0.3 is 6.01 Å². The van der Waals surface area contributed by atoms with Gasteiger partial charge in [0.1, 0.15) is 0 Å². The highest BCUT2D eigenvalue weighted by molar-refractivity contribution is 5.64. The van der Waals surface area contributed by atoms with Gasteiger partial charge in [-0.2, -0.15) is 4.98 Å². The number of aromatic nitrogens is 4. The van der Waals surface area contributed by atoms with E-state index in [0.717, 1.165) is 24.0 Å². The zero-order chi connectivity index (χ0) is 27.1. The van der Waals surface area contributed by atoms with Gasteiger partial charge in [-0.05, 0) is 48.7 Å². The maximum atomic E-state index is 6.09. The molecule has 2 aromatic heterocycles. The predicted molar refractivity (Wildman–Crippen MR) is 145 cm³/mol. The minimum atomic E-state index is -0.0148. The van der Waals surface area contributed by atoms with Gasteiger partial charge in [0.2, 0.25) is 0 Å². The van der Waals surface area contributed by atoms with Gasteiger partial charge in [0.15, 0.2) is 34.5 Å². The molecule has 0 spiro atoms. The van der Waals surface area contributed by atoms with E-state index in [1.165, 1.54) is 0 Å². The third kappa shape index (κ3) is 6.01. The van der Waals surface area contributed by atoms with Crippen molar-refractivity contribution >= 4 is 11.5 Å². The molecule has 0 N–H and O–H groups in total. The molecule has 2 aromatic carbocycles. The van der Waals surface area contributed by atoms with Gasteiger partial charge in [-0.3, -0.25) is 0 Å². The summed E-state index contributed by atoms with van der Waals surface area (Å²) >= 11 is 0. The van der Waals surface area contributed by atoms with Crippen LogP contribution >= 0.6 is 0 Å². The Bertz CT molecular complexity index is 1300. The standard InChI is InChI=1S/C28H35N5O5/c1-7-8-19(2)38-28-30-27(26-29-13-14-33(26)31-28)32(17-20-9-11-22(34-3)24(15-20)36-5)18-21-10-12-23(35-4)25(16-21)37-6/h9-16,19H,7-8,17-18H2,1-6H3. The summed E-state index contributed by atoms with van der Waals surface area (Å²) in [7, 11) is 6.50. The van der Waals surface area contributed by atoms with Crippen LogP contribution in [0.5, 0.6) is 29.0 Å². The number of imidazole rings is 1. The number of rotatable bonds is 13. The average Bonchev–Trinajstić information content (AvgIpc) is 3.41. The maximum absolute atomic E-state index is 6.09. The lowest BCUT2D eigenvalue weighted by molar-refractivity contribution is 0.189. The highest BCUT2D eigenvalue weighted by atomic mass is 16.5. The number of hydrogen-bond donors (Lipinski definition) is 0. The van der Waals surface area contributed by atoms with Gasteiger partial charge in [-0.1, -0.05) is 25.5 Å². The first-order valence-electron chi connectivity index (χ1n) is 12.5. The van der Waals surface area contributed by atoms with Gasteiger partial charge in [0, 0.05) is 25.5 Å². The molecule has 38 heavy (non-hydrogen) atoms. The number of nitrogens with zero attached hydrogens (tertiary/aromatic N) is 5. The normalized spacial score (nSPS) is 11.7. The van der Waals surface area contributed by atoms with Crippen LogP contribution in [0.1, 0.15) is 37.8 Å². The first-order valence-corrected chi connectivity index (χ1v) is 12.5. The number of methoxy groups -OCH3 is 4. The SMILES string of the molecule is CCCC(C)Oc1nc(N(Cc2ccc(OC)c(OC)c2)Cc2ccc(OC)c(OC)c2)c2nccn2n1. The second kappa shape index (κ2) is 12.4. The quantitative estimate of drug-likeness (QED) is 0.243. The molecular formula is C28H35N5O5. The van der Waals surface area contributed by atoms with Gasteiger partial charge in [-0.25, -0.2) is 9.50 Å². The number of fused-ring (bicyclic) bond motifs is 1. The van der Waals surface area contributed by atoms with Crippen molar-refractivity contribution in [2.45, 2.75) is 45.9 Å². The van der Waals surface area contributed by atoms with E-state index in [1.807, 2.05) is 43.3 Å². The van der Waals surface area contributed by atoms with E-state index in [0.29, 0.717) is 53.6 Å². The molecule has 0 aliphatic carbocycles. The molecule has 2 heterocycles. The van der Waals surface area contributed by atoms with Crippen LogP contribution in [0, 0.1) is 0 Å². The topological polar surface area (TPSA) is 92.5 Å². The Morgan fingerprint density at radius 3 is 1.95 bits per heavy atom. The van der Waals surface area contributed by atoms with E-state index in [4.69, 9.17) is 28.7 Å². The average molecular weight is 522 g/mol. The van der Waals surface area contributed by atoms with Gasteiger partial charge in [-0.15, -0.1) is 5.10 Å². The highest BCUT2D eigenvalue weighted by Gasteiger charge is 2.20. The summed E-state index contributed by atoms with van der Waals surface area (Å²) in [4.78, 5) is 11.5. The van der Waals surface area contributed by atoms with Crippen molar-refractivity contribution in [2.24, 2.45) is 0 Å². The third-order valence-corrected chi connectivity index (χ3v) is 6.16. The van der Waals surface area contributed by atoms with E-state index in [1.54, 1.807) is 45.3 Å². The Kier molecular flexibility index (Phi) is 8.73. The zero-order valence-corrected chi connectivity index (χ0v) is 22.8. The first-order chi connectivity index (χ1) is 18.5. The van der Waals surface area contributed by atoms with E-state index in [9.17, 15) is 0 Å². The van der Waals surface area contributed by atoms with Crippen LogP contribution in [0.3, 0.4) is 0 Å². The largest absolute Gasteiger partial charge is 0.493 e. The molecule has 0 saturated carbocycles. The van der Waals surface area contributed by atoms with Crippen molar-refractivity contribution in [2.75, 3.05) is 33.3 Å². The van der Waals surface area contributed by atoms with Crippen LogP contribution in [0.15, 0.2) is 48.8 Å². The molecule has 4 rings (SSSR count). The molecule has 0 radical (unpaired) electrons. The fourth-order valence-electron chi connectivity index (χ4n) is 4.30. The molecule has 4 aromatic rings.